The molecule has 0 fully saturated rings. The van der Waals surface area contributed by atoms with Gasteiger partial charge in [-0.2, -0.15) is 0 Å². The molecule has 20 heavy (non-hydrogen) atoms. The summed E-state index contributed by atoms with van der Waals surface area (Å²) in [4.78, 5) is 22.7. The van der Waals surface area contributed by atoms with Crippen LogP contribution in [0.5, 0.6) is 0 Å². The molecular formula is C16H21NO3. The van der Waals surface area contributed by atoms with Gasteiger partial charge >= 0.3 is 5.97 Å². The Bertz CT molecular complexity index is 494. The maximum atomic E-state index is 11.7. The first-order valence-electron chi connectivity index (χ1n) is 6.81. The van der Waals surface area contributed by atoms with Gasteiger partial charge in [0.15, 0.2) is 0 Å². The molecule has 1 aromatic carbocycles. The minimum Gasteiger partial charge on any atom is -0.480 e. The van der Waals surface area contributed by atoms with E-state index in [1.165, 1.54) is 6.08 Å². The molecule has 0 saturated carbocycles. The van der Waals surface area contributed by atoms with Crippen molar-refractivity contribution in [2.75, 3.05) is 0 Å². The van der Waals surface area contributed by atoms with Gasteiger partial charge in [-0.15, -0.1) is 0 Å². The summed E-state index contributed by atoms with van der Waals surface area (Å²) in [5.74, 6) is -1.37. The average Bonchev–Trinajstić information content (AvgIpc) is 2.41. The fourth-order valence-electron chi connectivity index (χ4n) is 1.83. The minimum atomic E-state index is -0.990. The fourth-order valence-corrected chi connectivity index (χ4v) is 1.83. The van der Waals surface area contributed by atoms with E-state index < -0.39 is 12.0 Å². The van der Waals surface area contributed by atoms with E-state index in [0.29, 0.717) is 6.42 Å². The van der Waals surface area contributed by atoms with Crippen molar-refractivity contribution in [2.24, 2.45) is 0 Å². The van der Waals surface area contributed by atoms with Gasteiger partial charge < -0.3 is 10.4 Å². The van der Waals surface area contributed by atoms with Crippen molar-refractivity contribution in [3.8, 4) is 0 Å². The Kier molecular flexibility index (Phi) is 6.50. The quantitative estimate of drug-likeness (QED) is 0.752. The number of rotatable bonds is 7. The molecule has 0 aliphatic carbocycles. The van der Waals surface area contributed by atoms with Gasteiger partial charge in [-0.1, -0.05) is 49.6 Å². The number of nitrogens with one attached hydrogen (secondary N) is 1. The standard InChI is InChI=1S/C16H21NO3/c1-3-4-8-14(16(19)20)17-15(18)10-9-13-7-5-6-12(2)11-13/h5-7,9-11,14H,3-4,8H2,1-2H3,(H,17,18)(H,19,20)/b10-9+/t14-/m0/s1. The van der Waals surface area contributed by atoms with Crippen molar-refractivity contribution < 1.29 is 14.7 Å². The van der Waals surface area contributed by atoms with E-state index >= 15 is 0 Å². The third-order valence-electron chi connectivity index (χ3n) is 2.93. The molecule has 0 spiro atoms. The highest BCUT2D eigenvalue weighted by Gasteiger charge is 2.17. The molecule has 0 aliphatic rings. The summed E-state index contributed by atoms with van der Waals surface area (Å²) in [7, 11) is 0. The monoisotopic (exact) mass is 275 g/mol. The molecular weight excluding hydrogens is 254 g/mol. The molecule has 1 rings (SSSR count). The van der Waals surface area contributed by atoms with E-state index in [9.17, 15) is 9.59 Å². The van der Waals surface area contributed by atoms with Crippen LogP contribution >= 0.6 is 0 Å². The first kappa shape index (κ1) is 16.0. The lowest BCUT2D eigenvalue weighted by Gasteiger charge is -2.12. The van der Waals surface area contributed by atoms with Crippen LogP contribution in [0.1, 0.15) is 37.3 Å². The van der Waals surface area contributed by atoms with E-state index in [1.807, 2.05) is 38.1 Å². The number of benzene rings is 1. The summed E-state index contributed by atoms with van der Waals surface area (Å²) < 4.78 is 0. The third-order valence-corrected chi connectivity index (χ3v) is 2.93. The van der Waals surface area contributed by atoms with E-state index in [4.69, 9.17) is 5.11 Å². The van der Waals surface area contributed by atoms with Crippen LogP contribution in [0.2, 0.25) is 0 Å². The zero-order chi connectivity index (χ0) is 15.0. The highest BCUT2D eigenvalue weighted by Crippen LogP contribution is 2.06. The number of carbonyl (C=O) groups excluding carboxylic acids is 1. The number of carboxylic acids is 1. The molecule has 0 aromatic heterocycles. The van der Waals surface area contributed by atoms with Crippen LogP contribution in [0.15, 0.2) is 30.3 Å². The summed E-state index contributed by atoms with van der Waals surface area (Å²) in [6, 6.07) is 6.92. The maximum Gasteiger partial charge on any atom is 0.326 e. The number of hydrogen-bond acceptors (Lipinski definition) is 2. The van der Waals surface area contributed by atoms with E-state index in [1.54, 1.807) is 6.08 Å². The molecule has 0 saturated heterocycles. The van der Waals surface area contributed by atoms with Crippen molar-refractivity contribution in [2.45, 2.75) is 39.2 Å². The topological polar surface area (TPSA) is 66.4 Å². The van der Waals surface area contributed by atoms with Gasteiger partial charge in [-0.3, -0.25) is 4.79 Å². The fraction of sp³-hybridized carbons (Fsp3) is 0.375. The van der Waals surface area contributed by atoms with Crippen LogP contribution in [0, 0.1) is 6.92 Å². The van der Waals surface area contributed by atoms with Crippen LogP contribution < -0.4 is 5.32 Å². The Hall–Kier alpha value is -2.10. The molecule has 1 atom stereocenters. The van der Waals surface area contributed by atoms with Gasteiger partial charge in [0, 0.05) is 6.08 Å². The molecule has 1 aromatic rings. The summed E-state index contributed by atoms with van der Waals surface area (Å²) in [5, 5.41) is 11.5. The van der Waals surface area contributed by atoms with Crippen molar-refractivity contribution >= 4 is 18.0 Å². The predicted octanol–water partition coefficient (Wildman–Crippen LogP) is 2.77. The lowest BCUT2D eigenvalue weighted by atomic mass is 10.1. The summed E-state index contributed by atoms with van der Waals surface area (Å²) >= 11 is 0. The second kappa shape index (κ2) is 8.15. The highest BCUT2D eigenvalue weighted by molar-refractivity contribution is 5.94. The lowest BCUT2D eigenvalue weighted by molar-refractivity contribution is -0.141. The van der Waals surface area contributed by atoms with Gasteiger partial charge in [0.25, 0.3) is 0 Å². The van der Waals surface area contributed by atoms with Crippen molar-refractivity contribution in [3.05, 3.63) is 41.5 Å². The number of hydrogen-bond donors (Lipinski definition) is 2. The largest absolute Gasteiger partial charge is 0.480 e. The van der Waals surface area contributed by atoms with Crippen LogP contribution in [-0.2, 0) is 9.59 Å². The van der Waals surface area contributed by atoms with Crippen molar-refractivity contribution in [1.82, 2.24) is 5.32 Å². The Morgan fingerprint density at radius 1 is 1.40 bits per heavy atom. The van der Waals surface area contributed by atoms with Gasteiger partial charge in [-0.05, 0) is 25.0 Å². The molecule has 4 nitrogen and oxygen atoms in total. The molecule has 0 aliphatic heterocycles. The Morgan fingerprint density at radius 3 is 2.75 bits per heavy atom. The van der Waals surface area contributed by atoms with Crippen molar-refractivity contribution in [3.63, 3.8) is 0 Å². The van der Waals surface area contributed by atoms with Crippen molar-refractivity contribution in [1.29, 1.82) is 0 Å². The van der Waals surface area contributed by atoms with Gasteiger partial charge in [0.05, 0.1) is 0 Å². The SMILES string of the molecule is CCCC[C@H](NC(=O)/C=C/c1cccc(C)c1)C(=O)O. The zero-order valence-corrected chi connectivity index (χ0v) is 11.9. The zero-order valence-electron chi connectivity index (χ0n) is 11.9. The van der Waals surface area contributed by atoms with Gasteiger partial charge in [0.2, 0.25) is 5.91 Å². The second-order valence-corrected chi connectivity index (χ2v) is 4.79. The molecule has 0 unspecified atom stereocenters. The van der Waals surface area contributed by atoms with Gasteiger partial charge in [0.1, 0.15) is 6.04 Å². The van der Waals surface area contributed by atoms with Crippen LogP contribution in [0.4, 0.5) is 0 Å². The normalized spacial score (nSPS) is 12.3. The number of unbranched alkanes of at least 4 members (excludes halogenated alkanes) is 1. The highest BCUT2D eigenvalue weighted by atomic mass is 16.4. The van der Waals surface area contributed by atoms with E-state index in [0.717, 1.165) is 24.0 Å². The number of aryl methyl sites for hydroxylation is 1. The Balaban J connectivity index is 2.59. The summed E-state index contributed by atoms with van der Waals surface area (Å²) in [5.41, 5.74) is 2.03. The molecule has 108 valence electrons. The lowest BCUT2D eigenvalue weighted by Crippen LogP contribution is -2.39. The van der Waals surface area contributed by atoms with Crippen LogP contribution in [0.25, 0.3) is 6.08 Å². The Labute approximate surface area is 119 Å². The molecule has 0 heterocycles. The second-order valence-electron chi connectivity index (χ2n) is 4.79. The molecule has 0 radical (unpaired) electrons. The number of carboxylic acid groups (broad SMARTS) is 1. The molecule has 2 N–H and O–H groups in total. The predicted molar refractivity (Wildman–Crippen MR) is 79.3 cm³/mol. The molecule has 1 amide bonds. The molecule has 0 bridgehead atoms. The number of amides is 1. The van der Waals surface area contributed by atoms with Gasteiger partial charge in [-0.25, -0.2) is 4.79 Å². The first-order valence-corrected chi connectivity index (χ1v) is 6.81. The smallest absolute Gasteiger partial charge is 0.326 e. The van der Waals surface area contributed by atoms with E-state index in [2.05, 4.69) is 5.32 Å². The summed E-state index contributed by atoms with van der Waals surface area (Å²) in [6.45, 7) is 3.96. The average molecular weight is 275 g/mol. The number of aliphatic carboxylic acids is 1. The number of carbonyl (C=O) groups is 2. The van der Waals surface area contributed by atoms with Crippen LogP contribution in [-0.4, -0.2) is 23.0 Å². The Morgan fingerprint density at radius 2 is 2.15 bits per heavy atom. The molecule has 4 heteroatoms. The minimum absolute atomic E-state index is 0.380. The van der Waals surface area contributed by atoms with E-state index in [-0.39, 0.29) is 5.91 Å². The maximum absolute atomic E-state index is 11.7. The third kappa shape index (κ3) is 5.69. The van der Waals surface area contributed by atoms with Crippen LogP contribution in [0.3, 0.4) is 0 Å². The summed E-state index contributed by atoms with van der Waals surface area (Å²) in [6.07, 6.45) is 5.19. The first-order chi connectivity index (χ1) is 9.52.